The Bertz CT molecular complexity index is 630. The first-order valence-electron chi connectivity index (χ1n) is 7.02. The van der Waals surface area contributed by atoms with Crippen molar-refractivity contribution in [2.45, 2.75) is 25.5 Å². The second-order valence-electron chi connectivity index (χ2n) is 5.08. The number of rotatable bonds is 6. The second-order valence-corrected chi connectivity index (χ2v) is 7.13. The van der Waals surface area contributed by atoms with Crippen LogP contribution in [0.25, 0.3) is 5.69 Å². The van der Waals surface area contributed by atoms with Gasteiger partial charge in [-0.15, -0.1) is 0 Å². The summed E-state index contributed by atoms with van der Waals surface area (Å²) < 4.78 is 1.62. The average molecular weight is 339 g/mol. The minimum absolute atomic E-state index is 0.0285. The summed E-state index contributed by atoms with van der Waals surface area (Å²) in [4.78, 5) is 17.8. The maximum Gasteiger partial charge on any atom is 0.227 e. The molecule has 0 aliphatic heterocycles. The molecule has 0 aliphatic rings. The van der Waals surface area contributed by atoms with Crippen LogP contribution in [0.15, 0.2) is 30.7 Å². The molecule has 1 amide bonds. The van der Waals surface area contributed by atoms with Crippen molar-refractivity contribution in [1.29, 1.82) is 0 Å². The Kier molecular flexibility index (Phi) is 5.85. The van der Waals surface area contributed by atoms with Gasteiger partial charge in [-0.1, -0.05) is 25.4 Å². The summed E-state index contributed by atoms with van der Waals surface area (Å²) in [5.74, 6) is 0.829. The van der Waals surface area contributed by atoms with E-state index < -0.39 is 0 Å². The van der Waals surface area contributed by atoms with Gasteiger partial charge in [0.15, 0.2) is 5.15 Å². The largest absolute Gasteiger partial charge is 0.311 e. The zero-order chi connectivity index (χ0) is 16.1. The molecule has 0 saturated carbocycles. The van der Waals surface area contributed by atoms with Crippen LogP contribution in [-0.4, -0.2) is 38.7 Å². The minimum atomic E-state index is 0.0285. The van der Waals surface area contributed by atoms with E-state index in [0.29, 0.717) is 22.5 Å². The number of hydrogen-bond acceptors (Lipinski definition) is 4. The van der Waals surface area contributed by atoms with Crippen LogP contribution in [0.2, 0.25) is 5.15 Å². The Morgan fingerprint density at radius 3 is 2.91 bits per heavy atom. The predicted octanol–water partition coefficient (Wildman–Crippen LogP) is 3.42. The fraction of sp³-hybridized carbons (Fsp3) is 0.400. The highest BCUT2D eigenvalue weighted by molar-refractivity contribution is 7.99. The average Bonchev–Trinajstić information content (AvgIpc) is 2.89. The molecule has 0 fully saturated rings. The number of halogens is 1. The van der Waals surface area contributed by atoms with Crippen LogP contribution in [0.4, 0.5) is 5.69 Å². The van der Waals surface area contributed by atoms with Crippen molar-refractivity contribution >= 4 is 35.0 Å². The lowest BCUT2D eigenvalue weighted by atomic mass is 10.4. The lowest BCUT2D eigenvalue weighted by Crippen LogP contribution is -2.26. The molecule has 0 bridgehead atoms. The molecule has 7 heteroatoms. The molecule has 2 rings (SSSR count). The summed E-state index contributed by atoms with van der Waals surface area (Å²) in [5, 5.41) is 5.06. The minimum Gasteiger partial charge on any atom is -0.311 e. The molecule has 0 N–H and O–H groups in total. The number of pyridine rings is 1. The van der Waals surface area contributed by atoms with E-state index in [1.165, 1.54) is 0 Å². The standard InChI is InChI=1S/C15H19ClN4OS/c1-11(2)22-8-6-14(21)19(3)13-10-20(18-15(13)16)12-5-4-7-17-9-12/h4-5,7,9-11H,6,8H2,1-3H3. The molecular formula is C15H19ClN4OS. The van der Waals surface area contributed by atoms with Gasteiger partial charge in [-0.05, 0) is 17.4 Å². The third-order valence-corrected chi connectivity index (χ3v) is 4.44. The van der Waals surface area contributed by atoms with Gasteiger partial charge in [-0.3, -0.25) is 9.78 Å². The van der Waals surface area contributed by atoms with E-state index in [1.54, 1.807) is 47.0 Å². The molecule has 0 unspecified atom stereocenters. The molecule has 0 spiro atoms. The van der Waals surface area contributed by atoms with Crippen LogP contribution in [0.1, 0.15) is 20.3 Å². The van der Waals surface area contributed by atoms with Crippen LogP contribution in [0.5, 0.6) is 0 Å². The lowest BCUT2D eigenvalue weighted by molar-refractivity contribution is -0.117. The van der Waals surface area contributed by atoms with Gasteiger partial charge in [-0.2, -0.15) is 16.9 Å². The predicted molar refractivity (Wildman–Crippen MR) is 92.0 cm³/mol. The van der Waals surface area contributed by atoms with Crippen molar-refractivity contribution in [3.05, 3.63) is 35.9 Å². The highest BCUT2D eigenvalue weighted by Crippen LogP contribution is 2.25. The van der Waals surface area contributed by atoms with E-state index in [2.05, 4.69) is 23.9 Å². The summed E-state index contributed by atoms with van der Waals surface area (Å²) >= 11 is 7.94. The number of aromatic nitrogens is 3. The summed E-state index contributed by atoms with van der Waals surface area (Å²) in [6.07, 6.45) is 5.60. The van der Waals surface area contributed by atoms with E-state index in [0.717, 1.165) is 11.4 Å². The summed E-state index contributed by atoms with van der Waals surface area (Å²) in [6.45, 7) is 4.24. The van der Waals surface area contributed by atoms with Crippen molar-refractivity contribution in [2.24, 2.45) is 0 Å². The van der Waals surface area contributed by atoms with E-state index in [9.17, 15) is 4.79 Å². The molecule has 5 nitrogen and oxygen atoms in total. The van der Waals surface area contributed by atoms with Crippen LogP contribution < -0.4 is 4.90 Å². The fourth-order valence-electron chi connectivity index (χ4n) is 1.87. The third-order valence-electron chi connectivity index (χ3n) is 3.06. The van der Waals surface area contributed by atoms with Gasteiger partial charge < -0.3 is 4.90 Å². The van der Waals surface area contributed by atoms with Crippen molar-refractivity contribution in [3.63, 3.8) is 0 Å². The van der Waals surface area contributed by atoms with Gasteiger partial charge >= 0.3 is 0 Å². The Morgan fingerprint density at radius 2 is 2.27 bits per heavy atom. The molecule has 0 radical (unpaired) electrons. The van der Waals surface area contributed by atoms with Crippen LogP contribution in [0.3, 0.4) is 0 Å². The number of hydrogen-bond donors (Lipinski definition) is 0. The Labute approximate surface area is 139 Å². The van der Waals surface area contributed by atoms with Crippen LogP contribution >= 0.6 is 23.4 Å². The highest BCUT2D eigenvalue weighted by atomic mass is 35.5. The zero-order valence-corrected chi connectivity index (χ0v) is 14.4. The number of amides is 1. The molecule has 2 aromatic heterocycles. The molecule has 118 valence electrons. The Hall–Kier alpha value is -1.53. The smallest absolute Gasteiger partial charge is 0.227 e. The maximum absolute atomic E-state index is 12.2. The van der Waals surface area contributed by atoms with Crippen LogP contribution in [-0.2, 0) is 4.79 Å². The maximum atomic E-state index is 12.2. The van der Waals surface area contributed by atoms with E-state index in [4.69, 9.17) is 11.6 Å². The molecule has 2 aromatic rings. The van der Waals surface area contributed by atoms with Crippen molar-refractivity contribution in [2.75, 3.05) is 17.7 Å². The zero-order valence-electron chi connectivity index (χ0n) is 12.9. The van der Waals surface area contributed by atoms with Gasteiger partial charge in [0.2, 0.25) is 5.91 Å². The number of nitrogens with zero attached hydrogens (tertiary/aromatic N) is 4. The molecule has 2 heterocycles. The second kappa shape index (κ2) is 7.65. The first kappa shape index (κ1) is 16.8. The molecule has 0 saturated heterocycles. The van der Waals surface area contributed by atoms with E-state index in [-0.39, 0.29) is 5.91 Å². The normalized spacial score (nSPS) is 11.0. The molecule has 0 aliphatic carbocycles. The third kappa shape index (κ3) is 4.24. The van der Waals surface area contributed by atoms with E-state index >= 15 is 0 Å². The lowest BCUT2D eigenvalue weighted by Gasteiger charge is -2.15. The summed E-state index contributed by atoms with van der Waals surface area (Å²) in [5.41, 5.74) is 1.40. The fourth-order valence-corrected chi connectivity index (χ4v) is 2.90. The van der Waals surface area contributed by atoms with Gasteiger partial charge in [0.1, 0.15) is 5.69 Å². The quantitative estimate of drug-likeness (QED) is 0.809. The Morgan fingerprint density at radius 1 is 1.50 bits per heavy atom. The number of carbonyl (C=O) groups excluding carboxylic acids is 1. The first-order valence-corrected chi connectivity index (χ1v) is 8.45. The van der Waals surface area contributed by atoms with Crippen LogP contribution in [0, 0.1) is 0 Å². The number of carbonyl (C=O) groups is 1. The topological polar surface area (TPSA) is 51.0 Å². The van der Waals surface area contributed by atoms with E-state index in [1.807, 2.05) is 12.1 Å². The molecular weight excluding hydrogens is 320 g/mol. The van der Waals surface area contributed by atoms with Gasteiger partial charge in [0, 0.05) is 25.4 Å². The van der Waals surface area contributed by atoms with Crippen molar-refractivity contribution in [3.8, 4) is 5.69 Å². The first-order chi connectivity index (χ1) is 10.5. The van der Waals surface area contributed by atoms with Gasteiger partial charge in [-0.25, -0.2) is 4.68 Å². The summed E-state index contributed by atoms with van der Waals surface area (Å²) in [7, 11) is 1.72. The van der Waals surface area contributed by atoms with Crippen molar-refractivity contribution in [1.82, 2.24) is 14.8 Å². The number of thioether (sulfide) groups is 1. The van der Waals surface area contributed by atoms with Crippen molar-refractivity contribution < 1.29 is 4.79 Å². The van der Waals surface area contributed by atoms with Gasteiger partial charge in [0.25, 0.3) is 0 Å². The highest BCUT2D eigenvalue weighted by Gasteiger charge is 2.17. The summed E-state index contributed by atoms with van der Waals surface area (Å²) in [6, 6.07) is 3.70. The van der Waals surface area contributed by atoms with Gasteiger partial charge in [0.05, 0.1) is 18.1 Å². The molecule has 22 heavy (non-hydrogen) atoms. The number of anilines is 1. The monoisotopic (exact) mass is 338 g/mol. The SMILES string of the molecule is CC(C)SCCC(=O)N(C)c1cn(-c2cccnc2)nc1Cl. The Balaban J connectivity index is 2.08. The molecule has 0 atom stereocenters. The molecule has 0 aromatic carbocycles.